The second-order valence-corrected chi connectivity index (χ2v) is 6.80. The van der Waals surface area contributed by atoms with Crippen LogP contribution in [0, 0.1) is 5.82 Å². The lowest BCUT2D eigenvalue weighted by molar-refractivity contribution is 0.346. The summed E-state index contributed by atoms with van der Waals surface area (Å²) in [7, 11) is -3.49. The Labute approximate surface area is 109 Å². The van der Waals surface area contributed by atoms with E-state index in [0.29, 0.717) is 13.1 Å². The van der Waals surface area contributed by atoms with Crippen LogP contribution in [0.3, 0.4) is 0 Å². The van der Waals surface area contributed by atoms with E-state index in [0.717, 1.165) is 19.3 Å². The number of nitrogens with zero attached hydrogens (tertiary/aromatic N) is 1. The minimum absolute atomic E-state index is 0.140. The van der Waals surface area contributed by atoms with Crippen molar-refractivity contribution in [2.75, 3.05) is 13.1 Å². The molecule has 2 rings (SSSR count). The quantitative estimate of drug-likeness (QED) is 0.840. The lowest BCUT2D eigenvalue weighted by Gasteiger charge is -2.26. The number of hydrogen-bond acceptors (Lipinski definition) is 2. The lowest BCUT2D eigenvalue weighted by atomic mass is 10.2. The first-order valence-electron chi connectivity index (χ1n) is 5.47. The molecule has 1 aliphatic heterocycles. The highest BCUT2D eigenvalue weighted by Gasteiger charge is 2.27. The van der Waals surface area contributed by atoms with Crippen LogP contribution >= 0.6 is 15.9 Å². The first kappa shape index (κ1) is 13.0. The van der Waals surface area contributed by atoms with Gasteiger partial charge in [0, 0.05) is 17.6 Å². The van der Waals surface area contributed by atoms with Gasteiger partial charge in [0.15, 0.2) is 0 Å². The van der Waals surface area contributed by atoms with Crippen molar-refractivity contribution in [3.05, 3.63) is 28.5 Å². The maximum absolute atomic E-state index is 12.9. The number of sulfonamides is 1. The smallest absolute Gasteiger partial charge is 0.207 e. The molecule has 1 aromatic rings. The summed E-state index contributed by atoms with van der Waals surface area (Å²) in [4.78, 5) is 0.140. The van der Waals surface area contributed by atoms with Crippen LogP contribution in [0.4, 0.5) is 4.39 Å². The third-order valence-electron chi connectivity index (χ3n) is 2.83. The lowest BCUT2D eigenvalue weighted by Crippen LogP contribution is -2.35. The normalized spacial score (nSPS) is 18.2. The molecular formula is C11H13BrFNO2S. The average molecular weight is 322 g/mol. The van der Waals surface area contributed by atoms with Crippen LogP contribution in [0.5, 0.6) is 0 Å². The summed E-state index contributed by atoms with van der Waals surface area (Å²) in [5, 5.41) is 0. The second kappa shape index (κ2) is 5.04. The van der Waals surface area contributed by atoms with Crippen LogP contribution in [-0.2, 0) is 10.0 Å². The van der Waals surface area contributed by atoms with Crippen molar-refractivity contribution in [1.29, 1.82) is 0 Å². The minimum atomic E-state index is -3.49. The van der Waals surface area contributed by atoms with Gasteiger partial charge in [-0.15, -0.1) is 0 Å². The fourth-order valence-corrected chi connectivity index (χ4v) is 4.46. The maximum Gasteiger partial charge on any atom is 0.244 e. The number of benzene rings is 1. The van der Waals surface area contributed by atoms with Gasteiger partial charge < -0.3 is 0 Å². The zero-order valence-corrected chi connectivity index (χ0v) is 11.6. The summed E-state index contributed by atoms with van der Waals surface area (Å²) >= 11 is 3.10. The topological polar surface area (TPSA) is 37.4 Å². The largest absolute Gasteiger partial charge is 0.244 e. The first-order valence-corrected chi connectivity index (χ1v) is 7.70. The van der Waals surface area contributed by atoms with E-state index in [-0.39, 0.29) is 9.37 Å². The summed E-state index contributed by atoms with van der Waals surface area (Å²) in [5.41, 5.74) is 0. The molecule has 17 heavy (non-hydrogen) atoms. The van der Waals surface area contributed by atoms with Crippen LogP contribution in [0.1, 0.15) is 19.3 Å². The Morgan fingerprint density at radius 2 is 1.82 bits per heavy atom. The van der Waals surface area contributed by atoms with E-state index in [2.05, 4.69) is 15.9 Å². The van der Waals surface area contributed by atoms with Gasteiger partial charge >= 0.3 is 0 Å². The van der Waals surface area contributed by atoms with Gasteiger partial charge in [-0.25, -0.2) is 12.8 Å². The van der Waals surface area contributed by atoms with Gasteiger partial charge in [-0.3, -0.25) is 0 Å². The van der Waals surface area contributed by atoms with E-state index < -0.39 is 15.8 Å². The van der Waals surface area contributed by atoms with Gasteiger partial charge in [0.2, 0.25) is 10.0 Å². The van der Waals surface area contributed by atoms with E-state index >= 15 is 0 Å². The van der Waals surface area contributed by atoms with Crippen molar-refractivity contribution in [2.45, 2.75) is 24.2 Å². The Morgan fingerprint density at radius 1 is 1.18 bits per heavy atom. The molecule has 0 aliphatic carbocycles. The molecule has 0 bridgehead atoms. The molecule has 0 aromatic heterocycles. The van der Waals surface area contributed by atoms with Gasteiger partial charge in [-0.2, -0.15) is 4.31 Å². The van der Waals surface area contributed by atoms with Crippen LogP contribution in [0.15, 0.2) is 27.6 Å². The van der Waals surface area contributed by atoms with Crippen LogP contribution in [0.2, 0.25) is 0 Å². The Morgan fingerprint density at radius 3 is 2.41 bits per heavy atom. The van der Waals surface area contributed by atoms with Crippen molar-refractivity contribution in [3.63, 3.8) is 0 Å². The van der Waals surface area contributed by atoms with E-state index in [4.69, 9.17) is 0 Å². The highest BCUT2D eigenvalue weighted by molar-refractivity contribution is 9.10. The molecule has 0 amide bonds. The van der Waals surface area contributed by atoms with Crippen molar-refractivity contribution in [3.8, 4) is 0 Å². The minimum Gasteiger partial charge on any atom is -0.207 e. The molecule has 0 saturated carbocycles. The fourth-order valence-electron chi connectivity index (χ4n) is 1.93. The van der Waals surface area contributed by atoms with Crippen molar-refractivity contribution in [1.82, 2.24) is 4.31 Å². The number of halogens is 2. The Kier molecular flexibility index (Phi) is 3.85. The van der Waals surface area contributed by atoms with Gasteiger partial charge in [-0.1, -0.05) is 6.42 Å². The molecule has 0 radical (unpaired) electrons. The molecule has 94 valence electrons. The SMILES string of the molecule is O=S(=O)(c1ccc(F)cc1Br)N1CCCCC1. The first-order chi connectivity index (χ1) is 8.01. The van der Waals surface area contributed by atoms with E-state index in [9.17, 15) is 12.8 Å². The molecule has 0 N–H and O–H groups in total. The summed E-state index contributed by atoms with van der Waals surface area (Å²) in [6, 6.07) is 3.65. The second-order valence-electron chi connectivity index (χ2n) is 4.04. The zero-order valence-electron chi connectivity index (χ0n) is 9.20. The predicted octanol–water partition coefficient (Wildman–Crippen LogP) is 2.76. The van der Waals surface area contributed by atoms with E-state index in [1.165, 1.54) is 22.5 Å². The molecular weight excluding hydrogens is 309 g/mol. The highest BCUT2D eigenvalue weighted by Crippen LogP contribution is 2.27. The molecule has 0 atom stereocenters. The summed E-state index contributed by atoms with van der Waals surface area (Å²) < 4.78 is 39.3. The molecule has 1 fully saturated rings. The number of hydrogen-bond donors (Lipinski definition) is 0. The fraction of sp³-hybridized carbons (Fsp3) is 0.455. The molecule has 0 spiro atoms. The number of rotatable bonds is 2. The molecule has 3 nitrogen and oxygen atoms in total. The molecule has 1 aromatic carbocycles. The standard InChI is InChI=1S/C11H13BrFNO2S/c12-10-8-9(13)4-5-11(10)17(15,16)14-6-2-1-3-7-14/h4-5,8H,1-3,6-7H2. The molecule has 1 saturated heterocycles. The van der Waals surface area contributed by atoms with Gasteiger partial charge in [0.25, 0.3) is 0 Å². The molecule has 6 heteroatoms. The van der Waals surface area contributed by atoms with Gasteiger partial charge in [-0.05, 0) is 47.0 Å². The predicted molar refractivity (Wildman–Crippen MR) is 66.7 cm³/mol. The molecule has 0 unspecified atom stereocenters. The number of piperidine rings is 1. The van der Waals surface area contributed by atoms with E-state index in [1.807, 2.05) is 0 Å². The van der Waals surface area contributed by atoms with Crippen molar-refractivity contribution >= 4 is 26.0 Å². The zero-order chi connectivity index (χ0) is 12.5. The Balaban J connectivity index is 2.37. The molecule has 1 heterocycles. The summed E-state index contributed by atoms with van der Waals surface area (Å²) in [5.74, 6) is -0.450. The Hall–Kier alpha value is -0.460. The van der Waals surface area contributed by atoms with E-state index in [1.54, 1.807) is 0 Å². The van der Waals surface area contributed by atoms with Crippen LogP contribution in [0.25, 0.3) is 0 Å². The average Bonchev–Trinajstić information content (AvgIpc) is 2.29. The highest BCUT2D eigenvalue weighted by atomic mass is 79.9. The third kappa shape index (κ3) is 2.69. The van der Waals surface area contributed by atoms with Crippen LogP contribution in [-0.4, -0.2) is 25.8 Å². The van der Waals surface area contributed by atoms with Gasteiger partial charge in [0.1, 0.15) is 5.82 Å². The summed E-state index contributed by atoms with van der Waals surface area (Å²) in [6.45, 7) is 1.10. The monoisotopic (exact) mass is 321 g/mol. The molecule has 1 aliphatic rings. The maximum atomic E-state index is 12.9. The van der Waals surface area contributed by atoms with Crippen LogP contribution < -0.4 is 0 Å². The van der Waals surface area contributed by atoms with Gasteiger partial charge in [0.05, 0.1) is 4.90 Å². The third-order valence-corrected chi connectivity index (χ3v) is 5.70. The van der Waals surface area contributed by atoms with Crippen molar-refractivity contribution < 1.29 is 12.8 Å². The Bertz CT molecular complexity index is 512. The van der Waals surface area contributed by atoms with Crippen molar-refractivity contribution in [2.24, 2.45) is 0 Å². The summed E-state index contributed by atoms with van der Waals surface area (Å²) in [6.07, 6.45) is 2.84.